The van der Waals surface area contributed by atoms with E-state index in [0.29, 0.717) is 30.4 Å². The minimum atomic E-state index is -4.44. The van der Waals surface area contributed by atoms with Gasteiger partial charge in [0.05, 0.1) is 17.6 Å². The number of nitrogens with zero attached hydrogens (tertiary/aromatic N) is 3. The molecule has 4 nitrogen and oxygen atoms in total. The standard InChI is InChI=1S/C14H21F3N4/c1-10(2)9-20-3-5-21(6-4-20)12-7-13(14(15,16)17)19-8-11(12)18/h7-8,10H,3-6,9,18H2,1-2H3. The van der Waals surface area contributed by atoms with Crippen molar-refractivity contribution in [2.24, 2.45) is 5.92 Å². The summed E-state index contributed by atoms with van der Waals surface area (Å²) in [4.78, 5) is 7.60. The van der Waals surface area contributed by atoms with E-state index < -0.39 is 11.9 Å². The summed E-state index contributed by atoms with van der Waals surface area (Å²) in [6.45, 7) is 8.35. The molecule has 7 heteroatoms. The lowest BCUT2D eigenvalue weighted by molar-refractivity contribution is -0.141. The van der Waals surface area contributed by atoms with E-state index in [9.17, 15) is 13.2 Å². The number of hydrogen-bond donors (Lipinski definition) is 1. The van der Waals surface area contributed by atoms with Gasteiger partial charge in [-0.1, -0.05) is 13.8 Å². The first-order chi connectivity index (χ1) is 9.77. The van der Waals surface area contributed by atoms with E-state index in [0.717, 1.165) is 31.9 Å². The molecule has 0 atom stereocenters. The third-order valence-corrected chi connectivity index (χ3v) is 3.54. The Kier molecular flexibility index (Phi) is 4.61. The highest BCUT2D eigenvalue weighted by Crippen LogP contribution is 2.33. The van der Waals surface area contributed by atoms with Crippen LogP contribution in [0, 0.1) is 5.92 Å². The Bertz CT molecular complexity index is 480. The number of nitrogen functional groups attached to an aromatic ring is 1. The molecule has 1 aromatic rings. The van der Waals surface area contributed by atoms with Crippen molar-refractivity contribution in [3.8, 4) is 0 Å². The molecule has 0 amide bonds. The summed E-state index contributed by atoms with van der Waals surface area (Å²) in [7, 11) is 0. The Morgan fingerprint density at radius 3 is 2.38 bits per heavy atom. The van der Waals surface area contributed by atoms with Crippen LogP contribution in [0.4, 0.5) is 24.5 Å². The van der Waals surface area contributed by atoms with Gasteiger partial charge in [0.15, 0.2) is 0 Å². The topological polar surface area (TPSA) is 45.4 Å². The smallest absolute Gasteiger partial charge is 0.396 e. The monoisotopic (exact) mass is 302 g/mol. The second-order valence-corrected chi connectivity index (χ2v) is 5.81. The van der Waals surface area contributed by atoms with Crippen LogP contribution in [0.3, 0.4) is 0 Å². The van der Waals surface area contributed by atoms with Crippen molar-refractivity contribution in [2.45, 2.75) is 20.0 Å². The van der Waals surface area contributed by atoms with Crippen LogP contribution in [0.2, 0.25) is 0 Å². The van der Waals surface area contributed by atoms with Crippen LogP contribution in [-0.2, 0) is 6.18 Å². The molecule has 2 N–H and O–H groups in total. The van der Waals surface area contributed by atoms with E-state index in [1.165, 1.54) is 0 Å². The Morgan fingerprint density at radius 1 is 1.24 bits per heavy atom. The molecule has 1 aliphatic heterocycles. The molecule has 1 aromatic heterocycles. The number of piperazine rings is 1. The maximum absolute atomic E-state index is 12.7. The maximum Gasteiger partial charge on any atom is 0.433 e. The van der Waals surface area contributed by atoms with Crippen LogP contribution in [0.1, 0.15) is 19.5 Å². The summed E-state index contributed by atoms with van der Waals surface area (Å²) in [6.07, 6.45) is -3.35. The summed E-state index contributed by atoms with van der Waals surface area (Å²) in [5.41, 5.74) is 5.63. The summed E-state index contributed by atoms with van der Waals surface area (Å²) < 4.78 is 38.2. The maximum atomic E-state index is 12.7. The summed E-state index contributed by atoms with van der Waals surface area (Å²) in [6, 6.07) is 1.05. The molecule has 1 fully saturated rings. The van der Waals surface area contributed by atoms with Crippen LogP contribution in [0.25, 0.3) is 0 Å². The van der Waals surface area contributed by atoms with Gasteiger partial charge in [0, 0.05) is 32.7 Å². The van der Waals surface area contributed by atoms with E-state index in [2.05, 4.69) is 23.7 Å². The second kappa shape index (κ2) is 6.09. The van der Waals surface area contributed by atoms with Crippen molar-refractivity contribution >= 4 is 11.4 Å². The fourth-order valence-electron chi connectivity index (χ4n) is 2.57. The number of rotatable bonds is 3. The number of halogens is 3. The largest absolute Gasteiger partial charge is 0.433 e. The SMILES string of the molecule is CC(C)CN1CCN(c2cc(C(F)(F)F)ncc2N)CC1. The van der Waals surface area contributed by atoms with Gasteiger partial charge < -0.3 is 10.6 Å². The van der Waals surface area contributed by atoms with E-state index >= 15 is 0 Å². The van der Waals surface area contributed by atoms with Crippen molar-refractivity contribution in [2.75, 3.05) is 43.4 Å². The van der Waals surface area contributed by atoms with Crippen LogP contribution in [0.5, 0.6) is 0 Å². The molecule has 0 saturated carbocycles. The van der Waals surface area contributed by atoms with Crippen molar-refractivity contribution < 1.29 is 13.2 Å². The predicted molar refractivity (Wildman–Crippen MR) is 77.1 cm³/mol. The zero-order valence-electron chi connectivity index (χ0n) is 12.3. The average molecular weight is 302 g/mol. The minimum Gasteiger partial charge on any atom is -0.396 e. The molecule has 0 radical (unpaired) electrons. The lowest BCUT2D eigenvalue weighted by Crippen LogP contribution is -2.47. The molecule has 21 heavy (non-hydrogen) atoms. The molecule has 2 heterocycles. The van der Waals surface area contributed by atoms with Crippen LogP contribution in [-0.4, -0.2) is 42.6 Å². The minimum absolute atomic E-state index is 0.292. The van der Waals surface area contributed by atoms with Gasteiger partial charge in [-0.2, -0.15) is 13.2 Å². The molecule has 1 saturated heterocycles. The molecule has 0 unspecified atom stereocenters. The third kappa shape index (κ3) is 4.00. The molecule has 118 valence electrons. The van der Waals surface area contributed by atoms with Crippen LogP contribution >= 0.6 is 0 Å². The molecule has 2 rings (SSSR count). The van der Waals surface area contributed by atoms with Crippen LogP contribution in [0.15, 0.2) is 12.3 Å². The first-order valence-electron chi connectivity index (χ1n) is 7.07. The lowest BCUT2D eigenvalue weighted by atomic mass is 10.1. The Labute approximate surface area is 122 Å². The molecular formula is C14H21F3N4. The van der Waals surface area contributed by atoms with Gasteiger partial charge in [0.2, 0.25) is 0 Å². The highest BCUT2D eigenvalue weighted by atomic mass is 19.4. The molecule has 1 aliphatic rings. The average Bonchev–Trinajstić information content (AvgIpc) is 2.38. The lowest BCUT2D eigenvalue weighted by Gasteiger charge is -2.37. The Morgan fingerprint density at radius 2 is 1.86 bits per heavy atom. The highest BCUT2D eigenvalue weighted by molar-refractivity contribution is 5.67. The van der Waals surface area contributed by atoms with Crippen molar-refractivity contribution in [1.82, 2.24) is 9.88 Å². The van der Waals surface area contributed by atoms with Gasteiger partial charge in [0.1, 0.15) is 5.69 Å². The molecule has 0 bridgehead atoms. The quantitative estimate of drug-likeness (QED) is 0.931. The summed E-state index contributed by atoms with van der Waals surface area (Å²) in [5, 5.41) is 0. The molecule has 0 aromatic carbocycles. The van der Waals surface area contributed by atoms with E-state index in [4.69, 9.17) is 5.73 Å². The number of pyridine rings is 1. The Balaban J connectivity index is 2.09. The molecular weight excluding hydrogens is 281 g/mol. The van der Waals surface area contributed by atoms with Gasteiger partial charge in [-0.25, -0.2) is 4.98 Å². The summed E-state index contributed by atoms with van der Waals surface area (Å²) >= 11 is 0. The first-order valence-corrected chi connectivity index (χ1v) is 7.07. The molecule has 0 aliphatic carbocycles. The van der Waals surface area contributed by atoms with Crippen molar-refractivity contribution in [3.63, 3.8) is 0 Å². The van der Waals surface area contributed by atoms with Gasteiger partial charge in [0.25, 0.3) is 0 Å². The second-order valence-electron chi connectivity index (χ2n) is 5.81. The zero-order chi connectivity index (χ0) is 15.6. The number of aromatic nitrogens is 1. The molecule has 0 spiro atoms. The van der Waals surface area contributed by atoms with Crippen molar-refractivity contribution in [3.05, 3.63) is 18.0 Å². The van der Waals surface area contributed by atoms with Gasteiger partial charge in [-0.3, -0.25) is 4.90 Å². The highest BCUT2D eigenvalue weighted by Gasteiger charge is 2.33. The number of alkyl halides is 3. The fraction of sp³-hybridized carbons (Fsp3) is 0.643. The van der Waals surface area contributed by atoms with Gasteiger partial charge in [-0.15, -0.1) is 0 Å². The van der Waals surface area contributed by atoms with Crippen LogP contribution < -0.4 is 10.6 Å². The number of hydrogen-bond acceptors (Lipinski definition) is 4. The van der Waals surface area contributed by atoms with Crippen molar-refractivity contribution in [1.29, 1.82) is 0 Å². The normalized spacial score (nSPS) is 17.5. The number of nitrogens with two attached hydrogens (primary N) is 1. The number of anilines is 2. The van der Waals surface area contributed by atoms with E-state index in [1.54, 1.807) is 0 Å². The van der Waals surface area contributed by atoms with Gasteiger partial charge in [-0.05, 0) is 12.0 Å². The van der Waals surface area contributed by atoms with E-state index in [-0.39, 0.29) is 0 Å². The third-order valence-electron chi connectivity index (χ3n) is 3.54. The Hall–Kier alpha value is -1.50. The summed E-state index contributed by atoms with van der Waals surface area (Å²) in [5.74, 6) is 0.583. The fourth-order valence-corrected chi connectivity index (χ4v) is 2.57. The zero-order valence-corrected chi connectivity index (χ0v) is 12.3. The predicted octanol–water partition coefficient (Wildman–Crippen LogP) is 2.46. The first kappa shape index (κ1) is 15.9. The van der Waals surface area contributed by atoms with E-state index in [1.807, 2.05) is 4.90 Å². The van der Waals surface area contributed by atoms with Gasteiger partial charge >= 0.3 is 6.18 Å².